The van der Waals surface area contributed by atoms with Crippen molar-refractivity contribution in [3.05, 3.63) is 53.9 Å². The number of carbonyl (C=O) groups is 1. The van der Waals surface area contributed by atoms with Crippen molar-refractivity contribution in [2.45, 2.75) is 6.42 Å². The molecule has 1 N–H and O–H groups in total. The van der Waals surface area contributed by atoms with Crippen LogP contribution in [0.5, 0.6) is 0 Å². The Hall–Kier alpha value is -2.07. The molecule has 1 amide bonds. The molecule has 4 nitrogen and oxygen atoms in total. The number of rotatable bonds is 6. The maximum absolute atomic E-state index is 12.0. The Labute approximate surface area is 122 Å². The van der Waals surface area contributed by atoms with Crippen LogP contribution in [0.25, 0.3) is 10.9 Å². The summed E-state index contributed by atoms with van der Waals surface area (Å²) in [6.07, 6.45) is 2.09. The largest absolute Gasteiger partial charge is 0.502 e. The van der Waals surface area contributed by atoms with Crippen LogP contribution in [0.4, 0.5) is 0 Å². The van der Waals surface area contributed by atoms with E-state index in [9.17, 15) is 4.79 Å². The Morgan fingerprint density at radius 3 is 3.05 bits per heavy atom. The van der Waals surface area contributed by atoms with E-state index in [1.54, 1.807) is 6.07 Å². The summed E-state index contributed by atoms with van der Waals surface area (Å²) >= 11 is 6.16. The van der Waals surface area contributed by atoms with Gasteiger partial charge in [-0.25, -0.2) is 4.98 Å². The van der Waals surface area contributed by atoms with Crippen LogP contribution in [-0.4, -0.2) is 24.0 Å². The van der Waals surface area contributed by atoms with Gasteiger partial charge in [-0.05, 0) is 18.6 Å². The van der Waals surface area contributed by atoms with Crippen molar-refractivity contribution >= 4 is 28.4 Å². The van der Waals surface area contributed by atoms with Crippen molar-refractivity contribution in [3.8, 4) is 0 Å². The van der Waals surface area contributed by atoms with Crippen LogP contribution < -0.4 is 5.32 Å². The highest BCUT2D eigenvalue weighted by Gasteiger charge is 2.10. The fourth-order valence-electron chi connectivity index (χ4n) is 1.78. The van der Waals surface area contributed by atoms with Crippen LogP contribution >= 0.6 is 11.6 Å². The van der Waals surface area contributed by atoms with Crippen molar-refractivity contribution in [3.63, 3.8) is 0 Å². The average molecular weight is 291 g/mol. The number of amides is 1. The second-order valence-electron chi connectivity index (χ2n) is 4.15. The number of hydrogen-bond acceptors (Lipinski definition) is 3. The number of nitrogens with zero attached hydrogens (tertiary/aromatic N) is 1. The van der Waals surface area contributed by atoms with Gasteiger partial charge >= 0.3 is 0 Å². The standard InChI is InChI=1S/C15H15ClN2O2/c1-2-20-9-5-8-17-15(19)14-10-12(16)11-6-3-4-7-13(11)18-14/h2-4,6-7,10H,1,5,8-9H2,(H,17,19). The van der Waals surface area contributed by atoms with Gasteiger partial charge in [0.1, 0.15) is 5.69 Å². The van der Waals surface area contributed by atoms with Gasteiger partial charge in [0.2, 0.25) is 0 Å². The van der Waals surface area contributed by atoms with E-state index in [1.165, 1.54) is 6.26 Å². The SMILES string of the molecule is C=COCCCNC(=O)c1cc(Cl)c2ccccc2n1. The molecule has 0 unspecified atom stereocenters. The molecule has 5 heteroatoms. The zero-order valence-electron chi connectivity index (χ0n) is 10.9. The zero-order chi connectivity index (χ0) is 14.4. The average Bonchev–Trinajstić information content (AvgIpc) is 2.47. The van der Waals surface area contributed by atoms with Crippen LogP contribution in [-0.2, 0) is 4.74 Å². The van der Waals surface area contributed by atoms with Gasteiger partial charge in [-0.1, -0.05) is 36.4 Å². The van der Waals surface area contributed by atoms with Crippen LogP contribution in [0.3, 0.4) is 0 Å². The minimum Gasteiger partial charge on any atom is -0.502 e. The first-order chi connectivity index (χ1) is 9.72. The zero-order valence-corrected chi connectivity index (χ0v) is 11.7. The highest BCUT2D eigenvalue weighted by Crippen LogP contribution is 2.22. The molecule has 1 heterocycles. The molecule has 0 aliphatic heterocycles. The number of pyridine rings is 1. The number of aromatic nitrogens is 1. The summed E-state index contributed by atoms with van der Waals surface area (Å²) in [5, 5.41) is 4.14. The van der Waals surface area contributed by atoms with E-state index in [4.69, 9.17) is 16.3 Å². The number of carbonyl (C=O) groups excluding carboxylic acids is 1. The summed E-state index contributed by atoms with van der Waals surface area (Å²) in [5.41, 5.74) is 1.03. The Morgan fingerprint density at radius 1 is 1.45 bits per heavy atom. The van der Waals surface area contributed by atoms with Gasteiger partial charge in [0.05, 0.1) is 23.4 Å². The minimum absolute atomic E-state index is 0.240. The van der Waals surface area contributed by atoms with Crippen LogP contribution in [0.15, 0.2) is 43.2 Å². The molecule has 1 aromatic heterocycles. The summed E-state index contributed by atoms with van der Waals surface area (Å²) in [4.78, 5) is 16.3. The molecule has 0 bridgehead atoms. The molecule has 2 aromatic rings. The second kappa shape index (κ2) is 6.91. The third-order valence-electron chi connectivity index (χ3n) is 2.74. The lowest BCUT2D eigenvalue weighted by Crippen LogP contribution is -2.26. The van der Waals surface area contributed by atoms with Crippen LogP contribution in [0, 0.1) is 0 Å². The highest BCUT2D eigenvalue weighted by atomic mass is 35.5. The third kappa shape index (κ3) is 3.48. The lowest BCUT2D eigenvalue weighted by atomic mass is 10.2. The Balaban J connectivity index is 2.05. The molecule has 0 saturated carbocycles. The summed E-state index contributed by atoms with van der Waals surface area (Å²) in [6, 6.07) is 9.03. The van der Waals surface area contributed by atoms with E-state index in [1.807, 2.05) is 24.3 Å². The van der Waals surface area contributed by atoms with Crippen LogP contribution in [0.1, 0.15) is 16.9 Å². The van der Waals surface area contributed by atoms with Gasteiger partial charge in [0.25, 0.3) is 5.91 Å². The monoisotopic (exact) mass is 290 g/mol. The molecule has 2 rings (SSSR count). The van der Waals surface area contributed by atoms with Gasteiger partial charge in [-0.3, -0.25) is 4.79 Å². The molecule has 0 aliphatic rings. The van der Waals surface area contributed by atoms with E-state index < -0.39 is 0 Å². The molecule has 104 valence electrons. The number of hydrogen-bond donors (Lipinski definition) is 1. The molecule has 1 aromatic carbocycles. The third-order valence-corrected chi connectivity index (χ3v) is 3.05. The molecular weight excluding hydrogens is 276 g/mol. The summed E-state index contributed by atoms with van der Waals surface area (Å²) in [7, 11) is 0. The Bertz CT molecular complexity index is 628. The van der Waals surface area contributed by atoms with Gasteiger partial charge in [0.15, 0.2) is 0 Å². The topological polar surface area (TPSA) is 51.2 Å². The second-order valence-corrected chi connectivity index (χ2v) is 4.56. The molecule has 20 heavy (non-hydrogen) atoms. The molecule has 0 radical (unpaired) electrons. The van der Waals surface area contributed by atoms with Crippen molar-refractivity contribution in [2.24, 2.45) is 0 Å². The minimum atomic E-state index is -0.240. The van der Waals surface area contributed by atoms with Crippen molar-refractivity contribution in [2.75, 3.05) is 13.2 Å². The van der Waals surface area contributed by atoms with Crippen LogP contribution in [0.2, 0.25) is 5.02 Å². The van der Waals surface area contributed by atoms with E-state index >= 15 is 0 Å². The fourth-order valence-corrected chi connectivity index (χ4v) is 2.04. The van der Waals surface area contributed by atoms with E-state index in [0.717, 1.165) is 5.39 Å². The lowest BCUT2D eigenvalue weighted by molar-refractivity contribution is 0.0946. The molecule has 0 aliphatic carbocycles. The number of benzene rings is 1. The van der Waals surface area contributed by atoms with Crippen molar-refractivity contribution < 1.29 is 9.53 Å². The molecule has 0 spiro atoms. The number of fused-ring (bicyclic) bond motifs is 1. The predicted octanol–water partition coefficient (Wildman–Crippen LogP) is 3.17. The maximum Gasteiger partial charge on any atom is 0.269 e. The number of halogens is 1. The lowest BCUT2D eigenvalue weighted by Gasteiger charge is -2.07. The Kier molecular flexibility index (Phi) is 4.96. The predicted molar refractivity (Wildman–Crippen MR) is 79.9 cm³/mol. The normalized spacial score (nSPS) is 10.2. The first kappa shape index (κ1) is 14.3. The quantitative estimate of drug-likeness (QED) is 0.657. The van der Waals surface area contributed by atoms with Crippen molar-refractivity contribution in [1.82, 2.24) is 10.3 Å². The summed E-state index contributed by atoms with van der Waals surface area (Å²) in [5.74, 6) is -0.240. The van der Waals surface area contributed by atoms with Gasteiger partial charge in [0, 0.05) is 11.9 Å². The molecule has 0 fully saturated rings. The first-order valence-corrected chi connectivity index (χ1v) is 6.66. The summed E-state index contributed by atoms with van der Waals surface area (Å²) < 4.78 is 4.97. The maximum atomic E-state index is 12.0. The highest BCUT2D eigenvalue weighted by molar-refractivity contribution is 6.35. The van der Waals surface area contributed by atoms with E-state index in [-0.39, 0.29) is 5.91 Å². The van der Waals surface area contributed by atoms with Gasteiger partial charge < -0.3 is 10.1 Å². The number of nitrogens with one attached hydrogen (secondary N) is 1. The van der Waals surface area contributed by atoms with Gasteiger partial charge in [-0.15, -0.1) is 0 Å². The Morgan fingerprint density at radius 2 is 2.25 bits per heavy atom. The molecular formula is C15H15ClN2O2. The van der Waals surface area contributed by atoms with Gasteiger partial charge in [-0.2, -0.15) is 0 Å². The number of ether oxygens (including phenoxy) is 1. The number of para-hydroxylation sites is 1. The van der Waals surface area contributed by atoms with Crippen molar-refractivity contribution in [1.29, 1.82) is 0 Å². The van der Waals surface area contributed by atoms with E-state index in [2.05, 4.69) is 16.9 Å². The fraction of sp³-hybridized carbons (Fsp3) is 0.200. The molecule has 0 saturated heterocycles. The summed E-state index contributed by atoms with van der Waals surface area (Å²) in [6.45, 7) is 4.48. The first-order valence-electron chi connectivity index (χ1n) is 6.28. The molecule has 0 atom stereocenters. The smallest absolute Gasteiger partial charge is 0.269 e. The van der Waals surface area contributed by atoms with E-state index in [0.29, 0.717) is 35.8 Å².